The number of carboxylic acid groups (broad SMARTS) is 4. The summed E-state index contributed by atoms with van der Waals surface area (Å²) in [6.45, 7) is 17.0. The van der Waals surface area contributed by atoms with Crippen molar-refractivity contribution in [2.75, 3.05) is 26.4 Å². The molecule has 0 amide bonds. The highest BCUT2D eigenvalue weighted by molar-refractivity contribution is 5.68. The highest BCUT2D eigenvalue weighted by Crippen LogP contribution is 2.22. The molecule has 2 fully saturated rings. The molecule has 2 saturated heterocycles. The van der Waals surface area contributed by atoms with Gasteiger partial charge in [-0.15, -0.1) is 0 Å². The van der Waals surface area contributed by atoms with Gasteiger partial charge in [0, 0.05) is 25.7 Å². The van der Waals surface area contributed by atoms with Crippen LogP contribution in [0.3, 0.4) is 0 Å². The maximum atomic E-state index is 10.1. The Kier molecular flexibility index (Phi) is 26.6. The number of carbonyl (C=O) groups is 4. The van der Waals surface area contributed by atoms with Crippen LogP contribution < -0.4 is 0 Å². The molecule has 0 bridgehead atoms. The molecule has 0 spiro atoms. The van der Waals surface area contributed by atoms with Crippen LogP contribution in [0.2, 0.25) is 0 Å². The highest BCUT2D eigenvalue weighted by atomic mass is 16.6. The van der Waals surface area contributed by atoms with Gasteiger partial charge in [-0.3, -0.25) is 19.2 Å². The maximum Gasteiger partial charge on any atom is 0.303 e. The smallest absolute Gasteiger partial charge is 0.303 e. The second kappa shape index (κ2) is 25.1. The van der Waals surface area contributed by atoms with Crippen LogP contribution in [0.15, 0.2) is 0 Å². The van der Waals surface area contributed by atoms with Crippen molar-refractivity contribution >= 4 is 23.9 Å². The Hall–Kier alpha value is -2.20. The Bertz CT molecular complexity index is 555. The molecule has 4 N–H and O–H groups in total. The zero-order valence-electron chi connectivity index (χ0n) is 24.6. The quantitative estimate of drug-likeness (QED) is 0.155. The van der Waals surface area contributed by atoms with E-state index in [9.17, 15) is 19.2 Å². The van der Waals surface area contributed by atoms with Gasteiger partial charge in [0.25, 0.3) is 0 Å². The summed E-state index contributed by atoms with van der Waals surface area (Å²) in [6, 6.07) is 0. The third-order valence-electron chi connectivity index (χ3n) is 4.57. The van der Waals surface area contributed by atoms with Gasteiger partial charge in [-0.1, -0.05) is 54.4 Å². The van der Waals surface area contributed by atoms with Gasteiger partial charge in [0.05, 0.1) is 26.4 Å². The van der Waals surface area contributed by atoms with E-state index in [1.165, 1.54) is 0 Å². The fraction of sp³-hybridized carbons (Fsp3) is 0.857. The summed E-state index contributed by atoms with van der Waals surface area (Å²) in [5.41, 5.74) is 0.691. The lowest BCUT2D eigenvalue weighted by Crippen LogP contribution is -2.04. The number of epoxide rings is 2. The van der Waals surface area contributed by atoms with Crippen molar-refractivity contribution < 1.29 is 49.1 Å². The molecule has 0 unspecified atom stereocenters. The first kappa shape index (κ1) is 40.3. The van der Waals surface area contributed by atoms with E-state index in [-0.39, 0.29) is 12.8 Å². The molecule has 0 radical (unpaired) electrons. The lowest BCUT2D eigenvalue weighted by molar-refractivity contribution is -0.139. The van der Waals surface area contributed by atoms with Crippen LogP contribution in [0.25, 0.3) is 0 Å². The van der Waals surface area contributed by atoms with Crippen molar-refractivity contribution in [3.05, 3.63) is 0 Å². The van der Waals surface area contributed by atoms with Crippen molar-refractivity contribution in [1.82, 2.24) is 0 Å². The van der Waals surface area contributed by atoms with Crippen LogP contribution in [-0.2, 0) is 28.7 Å². The largest absolute Gasteiger partial charge is 0.481 e. The minimum atomic E-state index is -0.870. The first-order chi connectivity index (χ1) is 17.5. The van der Waals surface area contributed by atoms with Gasteiger partial charge in [0.15, 0.2) is 0 Å². The molecule has 2 rings (SSSR count). The van der Waals surface area contributed by atoms with Gasteiger partial charge < -0.3 is 29.9 Å². The van der Waals surface area contributed by atoms with Gasteiger partial charge in [-0.2, -0.15) is 0 Å². The molecule has 10 nitrogen and oxygen atoms in total. The number of hydrogen-bond donors (Lipinski definition) is 4. The highest BCUT2D eigenvalue weighted by Gasteiger charge is 2.10. The molecule has 2 aliphatic heterocycles. The second-order valence-electron chi connectivity index (χ2n) is 11.5. The lowest BCUT2D eigenvalue weighted by Gasteiger charge is -2.16. The van der Waals surface area contributed by atoms with E-state index in [2.05, 4.69) is 51.0 Å². The van der Waals surface area contributed by atoms with E-state index < -0.39 is 23.9 Å². The van der Waals surface area contributed by atoms with Gasteiger partial charge in [0.1, 0.15) is 0 Å². The summed E-state index contributed by atoms with van der Waals surface area (Å²) in [7, 11) is 0. The van der Waals surface area contributed by atoms with Crippen LogP contribution in [0.4, 0.5) is 0 Å². The summed E-state index contributed by atoms with van der Waals surface area (Å²) < 4.78 is 9.00. The number of carboxylic acids is 4. The molecular weight excluding hydrogens is 496 g/mol. The zero-order valence-corrected chi connectivity index (χ0v) is 24.6. The SMILES string of the molecule is C1CO1.C1CO1.CC(C)(C)CCCCC(=O)O.CC(C)(C)CCCCC(=O)O.O=C(O)CCCCC(=O)O. The van der Waals surface area contributed by atoms with Crippen LogP contribution >= 0.6 is 0 Å². The minimum Gasteiger partial charge on any atom is -0.481 e. The van der Waals surface area contributed by atoms with Gasteiger partial charge in [-0.05, 0) is 49.4 Å². The van der Waals surface area contributed by atoms with Crippen molar-refractivity contribution in [3.8, 4) is 0 Å². The molecule has 10 heteroatoms. The third-order valence-corrected chi connectivity index (χ3v) is 4.57. The van der Waals surface area contributed by atoms with Gasteiger partial charge in [0.2, 0.25) is 0 Å². The molecule has 226 valence electrons. The van der Waals surface area contributed by atoms with E-state index in [4.69, 9.17) is 20.4 Å². The molecule has 2 aliphatic rings. The fourth-order valence-corrected chi connectivity index (χ4v) is 2.42. The predicted octanol–water partition coefficient (Wildman–Crippen LogP) is 6.10. The Balaban J connectivity index is -0.000000432. The summed E-state index contributed by atoms with van der Waals surface area (Å²) in [4.78, 5) is 40.0. The maximum absolute atomic E-state index is 10.1. The van der Waals surface area contributed by atoms with E-state index in [1.807, 2.05) is 0 Å². The summed E-state index contributed by atoms with van der Waals surface area (Å²) in [5.74, 6) is -3.10. The number of hydrogen-bond acceptors (Lipinski definition) is 6. The zero-order chi connectivity index (χ0) is 30.0. The molecule has 38 heavy (non-hydrogen) atoms. The van der Waals surface area contributed by atoms with E-state index >= 15 is 0 Å². The van der Waals surface area contributed by atoms with Crippen molar-refractivity contribution in [3.63, 3.8) is 0 Å². The Morgan fingerprint density at radius 2 is 0.658 bits per heavy atom. The summed E-state index contributed by atoms with van der Waals surface area (Å²) >= 11 is 0. The predicted molar refractivity (Wildman–Crippen MR) is 146 cm³/mol. The average Bonchev–Trinajstić information content (AvgIpc) is 3.63. The topological polar surface area (TPSA) is 174 Å². The summed E-state index contributed by atoms with van der Waals surface area (Å²) in [5, 5.41) is 32.9. The Morgan fingerprint density at radius 3 is 0.789 bits per heavy atom. The van der Waals surface area contributed by atoms with E-state index in [0.29, 0.717) is 36.5 Å². The van der Waals surface area contributed by atoms with Crippen LogP contribution in [-0.4, -0.2) is 70.7 Å². The first-order valence-electron chi connectivity index (χ1n) is 13.5. The van der Waals surface area contributed by atoms with Crippen molar-refractivity contribution in [2.45, 2.75) is 119 Å². The molecular formula is C28H54O10. The molecule has 2 heterocycles. The Labute approximate surface area is 229 Å². The molecule has 0 atom stereocenters. The first-order valence-corrected chi connectivity index (χ1v) is 13.5. The molecule has 0 aromatic rings. The fourth-order valence-electron chi connectivity index (χ4n) is 2.42. The molecule has 0 saturated carbocycles. The van der Waals surface area contributed by atoms with Gasteiger partial charge >= 0.3 is 23.9 Å². The average molecular weight is 551 g/mol. The number of ether oxygens (including phenoxy) is 2. The standard InChI is InChI=1S/2C9H18O2.C6H10O4.2C2H4O/c2*1-9(2,3)7-5-4-6-8(10)11;7-5(8)3-1-2-4-6(9)10;2*1-2-3-1/h2*4-7H2,1-3H3,(H,10,11);1-4H2,(H,7,8)(H,9,10);2*1-2H2. The van der Waals surface area contributed by atoms with E-state index in [0.717, 1.165) is 65.0 Å². The summed E-state index contributed by atoms with van der Waals surface area (Å²) in [6.07, 6.45) is 7.54. The van der Waals surface area contributed by atoms with E-state index in [1.54, 1.807) is 0 Å². The second-order valence-corrected chi connectivity index (χ2v) is 11.5. The Morgan fingerprint density at radius 1 is 0.474 bits per heavy atom. The van der Waals surface area contributed by atoms with Crippen LogP contribution in [0.1, 0.15) is 119 Å². The lowest BCUT2D eigenvalue weighted by atomic mass is 9.89. The van der Waals surface area contributed by atoms with Crippen LogP contribution in [0, 0.1) is 10.8 Å². The molecule has 0 aliphatic carbocycles. The monoisotopic (exact) mass is 550 g/mol. The van der Waals surface area contributed by atoms with Crippen molar-refractivity contribution in [1.29, 1.82) is 0 Å². The molecule has 0 aromatic carbocycles. The van der Waals surface area contributed by atoms with Crippen LogP contribution in [0.5, 0.6) is 0 Å². The number of rotatable bonds is 13. The normalized spacial score (nSPS) is 12.9. The minimum absolute atomic E-state index is 0.0628. The third kappa shape index (κ3) is 70.0. The number of aliphatic carboxylic acids is 4. The number of unbranched alkanes of at least 4 members (excludes halogenated alkanes) is 3. The molecule has 0 aromatic heterocycles. The van der Waals surface area contributed by atoms with Crippen molar-refractivity contribution in [2.24, 2.45) is 10.8 Å². The van der Waals surface area contributed by atoms with Gasteiger partial charge in [-0.25, -0.2) is 0 Å².